The minimum Gasteiger partial charge on any atom is -0.334 e. The van der Waals surface area contributed by atoms with Crippen molar-refractivity contribution in [2.75, 3.05) is 11.4 Å². The van der Waals surface area contributed by atoms with Gasteiger partial charge in [0.1, 0.15) is 12.4 Å². The molecule has 1 atom stereocenters. The maximum atomic E-state index is 13.7. The van der Waals surface area contributed by atoms with E-state index in [0.717, 1.165) is 39.2 Å². The Morgan fingerprint density at radius 2 is 1.76 bits per heavy atom. The minimum atomic E-state index is -0.0887. The summed E-state index contributed by atoms with van der Waals surface area (Å²) in [6.45, 7) is 9.48. The number of anilines is 1. The van der Waals surface area contributed by atoms with E-state index in [1.165, 1.54) is 0 Å². The molecule has 0 N–H and O–H groups in total. The summed E-state index contributed by atoms with van der Waals surface area (Å²) in [5.41, 5.74) is 6.04. The lowest BCUT2D eigenvalue weighted by molar-refractivity contribution is -0.134. The van der Waals surface area contributed by atoms with Gasteiger partial charge < -0.3 is 14.4 Å². The number of amides is 2. The van der Waals surface area contributed by atoms with Crippen LogP contribution < -0.4 is 4.90 Å². The number of hydrogen-bond acceptors (Lipinski definition) is 3. The number of benzene rings is 3. The molecule has 0 saturated carbocycles. The van der Waals surface area contributed by atoms with Crippen molar-refractivity contribution in [3.8, 4) is 0 Å². The van der Waals surface area contributed by atoms with Gasteiger partial charge in [0.25, 0.3) is 0 Å². The molecule has 0 spiro atoms. The van der Waals surface area contributed by atoms with Gasteiger partial charge >= 0.3 is 0 Å². The molecule has 37 heavy (non-hydrogen) atoms. The standard InChI is InChI=1S/C31H34N4O2/c1-21(2)33(18-24-10-6-5-7-11-24)30(37)20-35-27-13-9-8-12-26(27)32-31(35)25-17-29(36)34(19-25)28-16-22(3)14-15-23(28)4/h5-16,21,25H,17-20H2,1-4H3. The van der Waals surface area contributed by atoms with Crippen LogP contribution in [0.2, 0.25) is 0 Å². The topological polar surface area (TPSA) is 58.4 Å². The normalized spacial score (nSPS) is 15.6. The Morgan fingerprint density at radius 3 is 2.51 bits per heavy atom. The van der Waals surface area contributed by atoms with Crippen molar-refractivity contribution in [2.45, 2.75) is 59.2 Å². The average molecular weight is 495 g/mol. The molecule has 0 radical (unpaired) electrons. The van der Waals surface area contributed by atoms with Crippen LogP contribution in [0, 0.1) is 13.8 Å². The van der Waals surface area contributed by atoms with Gasteiger partial charge in [-0.2, -0.15) is 0 Å². The summed E-state index contributed by atoms with van der Waals surface area (Å²) >= 11 is 0. The molecule has 0 aliphatic carbocycles. The molecule has 1 saturated heterocycles. The van der Waals surface area contributed by atoms with E-state index in [-0.39, 0.29) is 30.3 Å². The third-order valence-corrected chi connectivity index (χ3v) is 7.26. The molecule has 5 rings (SSSR count). The Bertz CT molecular complexity index is 1440. The zero-order valence-electron chi connectivity index (χ0n) is 22.0. The number of carbonyl (C=O) groups excluding carboxylic acids is 2. The van der Waals surface area contributed by atoms with Crippen molar-refractivity contribution in [3.05, 3.63) is 95.3 Å². The lowest BCUT2D eigenvalue weighted by atomic mass is 10.1. The number of hydrogen-bond donors (Lipinski definition) is 0. The first-order chi connectivity index (χ1) is 17.8. The van der Waals surface area contributed by atoms with Crippen LogP contribution in [0.5, 0.6) is 0 Å². The van der Waals surface area contributed by atoms with E-state index in [2.05, 4.69) is 18.2 Å². The number of imidazole rings is 1. The number of para-hydroxylation sites is 2. The van der Waals surface area contributed by atoms with Crippen LogP contribution >= 0.6 is 0 Å². The quantitative estimate of drug-likeness (QED) is 0.336. The molecule has 1 aromatic heterocycles. The molecule has 2 heterocycles. The summed E-state index contributed by atoms with van der Waals surface area (Å²) in [5, 5.41) is 0. The van der Waals surface area contributed by atoms with Gasteiger partial charge in [0.05, 0.1) is 11.0 Å². The summed E-state index contributed by atoms with van der Waals surface area (Å²) < 4.78 is 2.03. The molecule has 190 valence electrons. The van der Waals surface area contributed by atoms with E-state index in [4.69, 9.17) is 4.98 Å². The molecule has 6 heteroatoms. The van der Waals surface area contributed by atoms with Gasteiger partial charge in [-0.25, -0.2) is 4.98 Å². The van der Waals surface area contributed by atoms with E-state index in [9.17, 15) is 9.59 Å². The first kappa shape index (κ1) is 24.8. The second kappa shape index (κ2) is 10.2. The fraction of sp³-hybridized carbons (Fsp3) is 0.323. The van der Waals surface area contributed by atoms with Crippen LogP contribution in [-0.2, 0) is 22.7 Å². The highest BCUT2D eigenvalue weighted by Gasteiger charge is 2.36. The molecule has 2 amide bonds. The fourth-order valence-electron chi connectivity index (χ4n) is 5.26. The third-order valence-electron chi connectivity index (χ3n) is 7.26. The molecule has 3 aromatic carbocycles. The van der Waals surface area contributed by atoms with Crippen molar-refractivity contribution in [2.24, 2.45) is 0 Å². The van der Waals surface area contributed by atoms with Gasteiger partial charge in [-0.1, -0.05) is 54.6 Å². The molecule has 6 nitrogen and oxygen atoms in total. The predicted molar refractivity (Wildman–Crippen MR) is 147 cm³/mol. The maximum absolute atomic E-state index is 13.7. The Kier molecular flexibility index (Phi) is 6.83. The monoisotopic (exact) mass is 494 g/mol. The molecular weight excluding hydrogens is 460 g/mol. The predicted octanol–water partition coefficient (Wildman–Crippen LogP) is 5.61. The average Bonchev–Trinajstić information content (AvgIpc) is 3.45. The van der Waals surface area contributed by atoms with Gasteiger partial charge in [-0.3, -0.25) is 9.59 Å². The lowest BCUT2D eigenvalue weighted by Gasteiger charge is -2.28. The van der Waals surface area contributed by atoms with Gasteiger partial charge in [0.2, 0.25) is 11.8 Å². The number of carbonyl (C=O) groups is 2. The SMILES string of the molecule is Cc1ccc(C)c(N2CC(c3nc4ccccc4n3CC(=O)N(Cc3ccccc3)C(C)C)CC2=O)c1. The molecule has 1 unspecified atom stereocenters. The Balaban J connectivity index is 1.46. The van der Waals surface area contributed by atoms with Crippen LogP contribution in [0.1, 0.15) is 48.7 Å². The van der Waals surface area contributed by atoms with E-state index in [0.29, 0.717) is 19.5 Å². The third kappa shape index (κ3) is 5.01. The summed E-state index contributed by atoms with van der Waals surface area (Å²) in [5.74, 6) is 0.851. The first-order valence-corrected chi connectivity index (χ1v) is 13.0. The summed E-state index contributed by atoms with van der Waals surface area (Å²) in [4.78, 5) is 35.6. The lowest BCUT2D eigenvalue weighted by Crippen LogP contribution is -2.39. The highest BCUT2D eigenvalue weighted by atomic mass is 16.2. The van der Waals surface area contributed by atoms with Gasteiger partial charge in [0.15, 0.2) is 0 Å². The summed E-state index contributed by atoms with van der Waals surface area (Å²) in [7, 11) is 0. The Hall–Kier alpha value is -3.93. The van der Waals surface area contributed by atoms with Crippen LogP contribution in [-0.4, -0.2) is 38.9 Å². The van der Waals surface area contributed by atoms with E-state index in [1.54, 1.807) is 0 Å². The van der Waals surface area contributed by atoms with Gasteiger partial charge in [-0.15, -0.1) is 0 Å². The number of fused-ring (bicyclic) bond motifs is 1. The van der Waals surface area contributed by atoms with E-state index >= 15 is 0 Å². The second-order valence-electron chi connectivity index (χ2n) is 10.3. The molecule has 4 aromatic rings. The second-order valence-corrected chi connectivity index (χ2v) is 10.3. The van der Waals surface area contributed by atoms with Crippen molar-refractivity contribution in [1.82, 2.24) is 14.5 Å². The molecule has 1 aliphatic heterocycles. The van der Waals surface area contributed by atoms with E-state index in [1.807, 2.05) is 96.7 Å². The van der Waals surface area contributed by atoms with Crippen molar-refractivity contribution < 1.29 is 9.59 Å². The zero-order chi connectivity index (χ0) is 26.1. The van der Waals surface area contributed by atoms with Crippen LogP contribution in [0.4, 0.5) is 5.69 Å². The largest absolute Gasteiger partial charge is 0.334 e. The molecular formula is C31H34N4O2. The highest BCUT2D eigenvalue weighted by Crippen LogP contribution is 2.35. The van der Waals surface area contributed by atoms with Crippen LogP contribution in [0.3, 0.4) is 0 Å². The smallest absolute Gasteiger partial charge is 0.243 e. The molecule has 1 fully saturated rings. The fourth-order valence-corrected chi connectivity index (χ4v) is 5.26. The molecule has 0 bridgehead atoms. The Labute approximate surface area is 218 Å². The number of rotatable bonds is 7. The van der Waals surface area contributed by atoms with Crippen molar-refractivity contribution in [3.63, 3.8) is 0 Å². The number of aryl methyl sites for hydroxylation is 2. The summed E-state index contributed by atoms with van der Waals surface area (Å²) in [6.07, 6.45) is 0.378. The first-order valence-electron chi connectivity index (χ1n) is 13.0. The number of nitrogens with zero attached hydrogens (tertiary/aromatic N) is 4. The van der Waals surface area contributed by atoms with E-state index < -0.39 is 0 Å². The van der Waals surface area contributed by atoms with Crippen LogP contribution in [0.15, 0.2) is 72.8 Å². The molecule has 1 aliphatic rings. The number of aromatic nitrogens is 2. The van der Waals surface area contributed by atoms with Crippen molar-refractivity contribution >= 4 is 28.5 Å². The minimum absolute atomic E-state index is 0.0407. The maximum Gasteiger partial charge on any atom is 0.243 e. The van der Waals surface area contributed by atoms with Gasteiger partial charge in [-0.05, 0) is 62.6 Å². The van der Waals surface area contributed by atoms with Crippen LogP contribution in [0.25, 0.3) is 11.0 Å². The van der Waals surface area contributed by atoms with Gasteiger partial charge in [0, 0.05) is 37.2 Å². The summed E-state index contributed by atoms with van der Waals surface area (Å²) in [6, 6.07) is 24.3. The van der Waals surface area contributed by atoms with Crippen molar-refractivity contribution in [1.29, 1.82) is 0 Å². The zero-order valence-corrected chi connectivity index (χ0v) is 22.0. The highest BCUT2D eigenvalue weighted by molar-refractivity contribution is 5.97. The Morgan fingerprint density at radius 1 is 1.03 bits per heavy atom.